The average molecular weight is 200 g/mol. The number of hydrogen-bond donors (Lipinski definition) is 1. The molecule has 0 spiro atoms. The Hall–Kier alpha value is -0.0800. The maximum atomic E-state index is 10.3. The van der Waals surface area contributed by atoms with E-state index in [2.05, 4.69) is 6.92 Å². The molecule has 0 bridgehead atoms. The zero-order valence-corrected chi connectivity index (χ0v) is 9.59. The fourth-order valence-corrected chi connectivity index (χ4v) is 2.42. The quantitative estimate of drug-likeness (QED) is 0.691. The molecule has 0 radical (unpaired) electrons. The standard InChI is InChI=1S/C12H24O2/c1-3-11-5-8-12(13,9-6-11)7-4-10-14-2/h11,13H,3-10H2,1-2H3. The maximum absolute atomic E-state index is 10.3. The Morgan fingerprint density at radius 2 is 2.00 bits per heavy atom. The molecule has 0 amide bonds. The molecular formula is C12H24O2. The third-order valence-electron chi connectivity index (χ3n) is 3.60. The van der Waals surface area contributed by atoms with Crippen molar-refractivity contribution in [3.63, 3.8) is 0 Å². The van der Waals surface area contributed by atoms with Gasteiger partial charge in [0.15, 0.2) is 0 Å². The second-order valence-electron chi connectivity index (χ2n) is 4.67. The van der Waals surface area contributed by atoms with Gasteiger partial charge in [0.25, 0.3) is 0 Å². The predicted molar refractivity (Wildman–Crippen MR) is 58.3 cm³/mol. The Balaban J connectivity index is 2.23. The van der Waals surface area contributed by atoms with Crippen LogP contribution in [-0.2, 0) is 4.74 Å². The highest BCUT2D eigenvalue weighted by molar-refractivity contribution is 4.84. The first kappa shape index (κ1) is 12.0. The molecular weight excluding hydrogens is 176 g/mol. The molecule has 2 nitrogen and oxygen atoms in total. The minimum atomic E-state index is -0.371. The van der Waals surface area contributed by atoms with Gasteiger partial charge in [-0.1, -0.05) is 13.3 Å². The van der Waals surface area contributed by atoms with Crippen LogP contribution in [0, 0.1) is 5.92 Å². The molecule has 1 rings (SSSR count). The Kier molecular flexibility index (Phi) is 4.90. The Morgan fingerprint density at radius 3 is 2.50 bits per heavy atom. The van der Waals surface area contributed by atoms with Gasteiger partial charge in [0.2, 0.25) is 0 Å². The van der Waals surface area contributed by atoms with Gasteiger partial charge in [-0.3, -0.25) is 0 Å². The predicted octanol–water partition coefficient (Wildman–Crippen LogP) is 2.74. The molecule has 1 fully saturated rings. The molecule has 0 aromatic heterocycles. The van der Waals surface area contributed by atoms with E-state index in [4.69, 9.17) is 4.74 Å². The summed E-state index contributed by atoms with van der Waals surface area (Å²) in [5.74, 6) is 0.859. The van der Waals surface area contributed by atoms with Crippen molar-refractivity contribution in [1.82, 2.24) is 0 Å². The Morgan fingerprint density at radius 1 is 1.36 bits per heavy atom. The SMILES string of the molecule is CCC1CCC(O)(CCCOC)CC1. The van der Waals surface area contributed by atoms with Crippen LogP contribution >= 0.6 is 0 Å². The summed E-state index contributed by atoms with van der Waals surface area (Å²) >= 11 is 0. The van der Waals surface area contributed by atoms with Crippen molar-refractivity contribution in [1.29, 1.82) is 0 Å². The number of methoxy groups -OCH3 is 1. The molecule has 84 valence electrons. The van der Waals surface area contributed by atoms with Crippen LogP contribution in [0.2, 0.25) is 0 Å². The zero-order chi connectivity index (χ0) is 10.4. The number of aliphatic hydroxyl groups is 1. The molecule has 0 aliphatic heterocycles. The summed E-state index contributed by atoms with van der Waals surface area (Å²) < 4.78 is 5.01. The number of hydrogen-bond acceptors (Lipinski definition) is 2. The molecule has 1 aliphatic rings. The van der Waals surface area contributed by atoms with E-state index in [1.807, 2.05) is 0 Å². The molecule has 1 aliphatic carbocycles. The van der Waals surface area contributed by atoms with Crippen molar-refractivity contribution in [2.24, 2.45) is 5.92 Å². The fraction of sp³-hybridized carbons (Fsp3) is 1.00. The first-order chi connectivity index (χ1) is 6.70. The van der Waals surface area contributed by atoms with Gasteiger partial charge >= 0.3 is 0 Å². The molecule has 0 atom stereocenters. The smallest absolute Gasteiger partial charge is 0.0648 e. The monoisotopic (exact) mass is 200 g/mol. The van der Waals surface area contributed by atoms with Crippen LogP contribution in [0.1, 0.15) is 51.9 Å². The molecule has 0 unspecified atom stereocenters. The van der Waals surface area contributed by atoms with E-state index in [0.717, 1.165) is 38.2 Å². The van der Waals surface area contributed by atoms with Crippen LogP contribution in [0.5, 0.6) is 0 Å². The van der Waals surface area contributed by atoms with E-state index in [1.165, 1.54) is 19.3 Å². The van der Waals surface area contributed by atoms with Gasteiger partial charge in [-0.05, 0) is 44.4 Å². The van der Waals surface area contributed by atoms with Gasteiger partial charge in [-0.25, -0.2) is 0 Å². The summed E-state index contributed by atoms with van der Waals surface area (Å²) in [7, 11) is 1.72. The number of ether oxygens (including phenoxy) is 1. The fourth-order valence-electron chi connectivity index (χ4n) is 2.42. The summed E-state index contributed by atoms with van der Waals surface area (Å²) in [6, 6.07) is 0. The van der Waals surface area contributed by atoms with Gasteiger partial charge in [0.1, 0.15) is 0 Å². The van der Waals surface area contributed by atoms with Crippen LogP contribution in [0.15, 0.2) is 0 Å². The highest BCUT2D eigenvalue weighted by Gasteiger charge is 2.31. The average Bonchev–Trinajstić information content (AvgIpc) is 2.19. The topological polar surface area (TPSA) is 29.5 Å². The first-order valence-electron chi connectivity index (χ1n) is 5.91. The molecule has 1 N–H and O–H groups in total. The lowest BCUT2D eigenvalue weighted by molar-refractivity contribution is -0.0225. The highest BCUT2D eigenvalue weighted by Crippen LogP contribution is 2.36. The van der Waals surface area contributed by atoms with Gasteiger partial charge in [-0.15, -0.1) is 0 Å². The largest absolute Gasteiger partial charge is 0.390 e. The third-order valence-corrected chi connectivity index (χ3v) is 3.60. The molecule has 0 heterocycles. The Bertz CT molecular complexity index is 143. The van der Waals surface area contributed by atoms with Crippen LogP contribution in [0.4, 0.5) is 0 Å². The van der Waals surface area contributed by atoms with Crippen LogP contribution in [0.3, 0.4) is 0 Å². The van der Waals surface area contributed by atoms with E-state index < -0.39 is 0 Å². The molecule has 2 heteroatoms. The van der Waals surface area contributed by atoms with E-state index in [9.17, 15) is 5.11 Å². The molecule has 0 aromatic rings. The second-order valence-corrected chi connectivity index (χ2v) is 4.67. The molecule has 0 saturated heterocycles. The zero-order valence-electron chi connectivity index (χ0n) is 9.59. The van der Waals surface area contributed by atoms with Crippen molar-refractivity contribution >= 4 is 0 Å². The second kappa shape index (κ2) is 5.72. The van der Waals surface area contributed by atoms with Gasteiger partial charge in [-0.2, -0.15) is 0 Å². The van der Waals surface area contributed by atoms with Crippen molar-refractivity contribution in [3.8, 4) is 0 Å². The minimum Gasteiger partial charge on any atom is -0.390 e. The summed E-state index contributed by atoms with van der Waals surface area (Å²) in [6.07, 6.45) is 7.58. The first-order valence-corrected chi connectivity index (χ1v) is 5.91. The summed E-state index contributed by atoms with van der Waals surface area (Å²) in [5.41, 5.74) is -0.371. The molecule has 0 aromatic carbocycles. The van der Waals surface area contributed by atoms with Crippen molar-refractivity contribution < 1.29 is 9.84 Å². The minimum absolute atomic E-state index is 0.371. The van der Waals surface area contributed by atoms with E-state index >= 15 is 0 Å². The van der Waals surface area contributed by atoms with Crippen LogP contribution in [0.25, 0.3) is 0 Å². The van der Waals surface area contributed by atoms with Crippen molar-refractivity contribution in [2.75, 3.05) is 13.7 Å². The van der Waals surface area contributed by atoms with E-state index in [-0.39, 0.29) is 5.60 Å². The van der Waals surface area contributed by atoms with Gasteiger partial charge < -0.3 is 9.84 Å². The Labute approximate surface area is 87.7 Å². The lowest BCUT2D eigenvalue weighted by Crippen LogP contribution is -2.34. The maximum Gasteiger partial charge on any atom is 0.0648 e. The molecule has 14 heavy (non-hydrogen) atoms. The van der Waals surface area contributed by atoms with E-state index in [1.54, 1.807) is 7.11 Å². The summed E-state index contributed by atoms with van der Waals surface area (Å²) in [5, 5.41) is 10.3. The van der Waals surface area contributed by atoms with Crippen molar-refractivity contribution in [3.05, 3.63) is 0 Å². The van der Waals surface area contributed by atoms with Gasteiger partial charge in [0, 0.05) is 13.7 Å². The normalized spacial score (nSPS) is 33.2. The van der Waals surface area contributed by atoms with Crippen LogP contribution < -0.4 is 0 Å². The van der Waals surface area contributed by atoms with E-state index in [0.29, 0.717) is 0 Å². The van der Waals surface area contributed by atoms with Crippen LogP contribution in [-0.4, -0.2) is 24.4 Å². The number of rotatable bonds is 5. The van der Waals surface area contributed by atoms with Crippen molar-refractivity contribution in [2.45, 2.75) is 57.5 Å². The van der Waals surface area contributed by atoms with Gasteiger partial charge in [0.05, 0.1) is 5.60 Å². The highest BCUT2D eigenvalue weighted by atomic mass is 16.5. The summed E-state index contributed by atoms with van der Waals surface area (Å²) in [4.78, 5) is 0. The lowest BCUT2D eigenvalue weighted by atomic mass is 9.76. The molecule has 1 saturated carbocycles. The lowest BCUT2D eigenvalue weighted by Gasteiger charge is -2.35. The third kappa shape index (κ3) is 3.58. The summed E-state index contributed by atoms with van der Waals surface area (Å²) in [6.45, 7) is 3.03.